The largest absolute Gasteiger partial charge is 0.511 e. The Kier molecular flexibility index (Phi) is 8.90. The molecule has 0 heterocycles. The standard InChI is InChI=1S/C24H32O3/c1-3-5-6-7-8-9-10-16-22-21(17-13-18-23(22)27-24(25)26)20-15-12-11-14-19(20)4-2/h11-15,17-18H,3-10,16H2,1-2H3,(H,25,26). The normalized spacial score (nSPS) is 10.7. The fourth-order valence-corrected chi connectivity index (χ4v) is 3.62. The zero-order valence-corrected chi connectivity index (χ0v) is 16.7. The molecule has 3 nitrogen and oxygen atoms in total. The highest BCUT2D eigenvalue weighted by Crippen LogP contribution is 2.34. The number of rotatable bonds is 11. The Morgan fingerprint density at radius 1 is 0.852 bits per heavy atom. The van der Waals surface area contributed by atoms with Gasteiger partial charge in [0, 0.05) is 5.56 Å². The average molecular weight is 369 g/mol. The zero-order valence-electron chi connectivity index (χ0n) is 16.7. The van der Waals surface area contributed by atoms with Crippen LogP contribution in [0.25, 0.3) is 11.1 Å². The van der Waals surface area contributed by atoms with E-state index in [2.05, 4.69) is 38.1 Å². The molecule has 0 amide bonds. The summed E-state index contributed by atoms with van der Waals surface area (Å²) in [5, 5.41) is 9.12. The molecule has 0 saturated carbocycles. The lowest BCUT2D eigenvalue weighted by molar-refractivity contribution is 0.144. The Balaban J connectivity index is 2.20. The fraction of sp³-hybridized carbons (Fsp3) is 0.458. The third kappa shape index (κ3) is 6.42. The third-order valence-electron chi connectivity index (χ3n) is 5.05. The SMILES string of the molecule is CCCCCCCCCc1c(OC(=O)O)cccc1-c1ccccc1CC. The van der Waals surface area contributed by atoms with Crippen molar-refractivity contribution in [1.29, 1.82) is 0 Å². The van der Waals surface area contributed by atoms with Crippen LogP contribution in [0.15, 0.2) is 42.5 Å². The van der Waals surface area contributed by atoms with Crippen LogP contribution in [0.3, 0.4) is 0 Å². The van der Waals surface area contributed by atoms with E-state index in [1.54, 1.807) is 6.07 Å². The minimum Gasteiger partial charge on any atom is -0.449 e. The molecule has 27 heavy (non-hydrogen) atoms. The van der Waals surface area contributed by atoms with E-state index < -0.39 is 6.16 Å². The number of carboxylic acid groups (broad SMARTS) is 1. The highest BCUT2D eigenvalue weighted by Gasteiger charge is 2.15. The van der Waals surface area contributed by atoms with Crippen molar-refractivity contribution in [3.8, 4) is 16.9 Å². The Hall–Kier alpha value is -2.29. The molecule has 0 aromatic heterocycles. The van der Waals surface area contributed by atoms with Crippen LogP contribution in [-0.2, 0) is 12.8 Å². The molecule has 0 aliphatic rings. The number of ether oxygens (including phenoxy) is 1. The summed E-state index contributed by atoms with van der Waals surface area (Å²) in [4.78, 5) is 11.1. The van der Waals surface area contributed by atoms with Crippen molar-refractivity contribution < 1.29 is 14.6 Å². The maximum Gasteiger partial charge on any atom is 0.511 e. The van der Waals surface area contributed by atoms with E-state index in [4.69, 9.17) is 9.84 Å². The van der Waals surface area contributed by atoms with Crippen molar-refractivity contribution in [2.75, 3.05) is 0 Å². The van der Waals surface area contributed by atoms with Crippen LogP contribution < -0.4 is 4.74 Å². The van der Waals surface area contributed by atoms with Gasteiger partial charge in [-0.1, -0.05) is 88.8 Å². The Bertz CT molecular complexity index is 721. The first-order valence-corrected chi connectivity index (χ1v) is 10.3. The number of aryl methyl sites for hydroxylation is 1. The second-order valence-electron chi connectivity index (χ2n) is 7.03. The third-order valence-corrected chi connectivity index (χ3v) is 5.05. The topological polar surface area (TPSA) is 46.5 Å². The molecule has 0 aliphatic carbocycles. The summed E-state index contributed by atoms with van der Waals surface area (Å²) in [6.45, 7) is 4.38. The second kappa shape index (κ2) is 11.4. The van der Waals surface area contributed by atoms with Crippen LogP contribution in [-0.4, -0.2) is 11.3 Å². The summed E-state index contributed by atoms with van der Waals surface area (Å²) in [5.41, 5.74) is 4.55. The monoisotopic (exact) mass is 368 g/mol. The summed E-state index contributed by atoms with van der Waals surface area (Å²) in [6.07, 6.45) is 9.15. The van der Waals surface area contributed by atoms with Crippen LogP contribution in [0.2, 0.25) is 0 Å². The molecule has 0 radical (unpaired) electrons. The predicted molar refractivity (Wildman–Crippen MR) is 112 cm³/mol. The van der Waals surface area contributed by atoms with Gasteiger partial charge >= 0.3 is 6.16 Å². The van der Waals surface area contributed by atoms with Gasteiger partial charge in [-0.25, -0.2) is 4.79 Å². The van der Waals surface area contributed by atoms with Crippen molar-refractivity contribution in [1.82, 2.24) is 0 Å². The first-order valence-electron chi connectivity index (χ1n) is 10.3. The van der Waals surface area contributed by atoms with E-state index in [0.29, 0.717) is 5.75 Å². The summed E-state index contributed by atoms with van der Waals surface area (Å²) >= 11 is 0. The number of benzene rings is 2. The summed E-state index contributed by atoms with van der Waals surface area (Å²) in [5.74, 6) is 0.469. The van der Waals surface area contributed by atoms with Gasteiger partial charge in [-0.05, 0) is 42.0 Å². The lowest BCUT2D eigenvalue weighted by atomic mass is 9.91. The molecule has 0 bridgehead atoms. The van der Waals surface area contributed by atoms with E-state index in [1.807, 2.05) is 12.1 Å². The Morgan fingerprint density at radius 3 is 2.22 bits per heavy atom. The fourth-order valence-electron chi connectivity index (χ4n) is 3.62. The molecule has 0 saturated heterocycles. The lowest BCUT2D eigenvalue weighted by Gasteiger charge is -2.16. The quantitative estimate of drug-likeness (QED) is 0.258. The van der Waals surface area contributed by atoms with Crippen LogP contribution in [0, 0.1) is 0 Å². The van der Waals surface area contributed by atoms with Crippen molar-refractivity contribution >= 4 is 6.16 Å². The van der Waals surface area contributed by atoms with Crippen molar-refractivity contribution in [2.24, 2.45) is 0 Å². The van der Waals surface area contributed by atoms with Gasteiger partial charge in [0.1, 0.15) is 5.75 Å². The van der Waals surface area contributed by atoms with Crippen LogP contribution in [0.4, 0.5) is 4.79 Å². The van der Waals surface area contributed by atoms with Gasteiger partial charge in [-0.3, -0.25) is 0 Å². The smallest absolute Gasteiger partial charge is 0.449 e. The molecule has 2 aromatic rings. The van der Waals surface area contributed by atoms with E-state index in [-0.39, 0.29) is 0 Å². The van der Waals surface area contributed by atoms with Gasteiger partial charge in [0.25, 0.3) is 0 Å². The van der Waals surface area contributed by atoms with E-state index >= 15 is 0 Å². The highest BCUT2D eigenvalue weighted by molar-refractivity contribution is 5.74. The molecule has 0 fully saturated rings. The molecule has 0 atom stereocenters. The summed E-state index contributed by atoms with van der Waals surface area (Å²) in [7, 11) is 0. The molecular weight excluding hydrogens is 336 g/mol. The number of hydrogen-bond donors (Lipinski definition) is 1. The maximum absolute atomic E-state index is 11.1. The number of hydrogen-bond acceptors (Lipinski definition) is 2. The van der Waals surface area contributed by atoms with Gasteiger partial charge in [0.05, 0.1) is 0 Å². The first-order chi connectivity index (χ1) is 13.2. The molecular formula is C24H32O3. The van der Waals surface area contributed by atoms with Crippen molar-refractivity contribution in [3.63, 3.8) is 0 Å². The second-order valence-corrected chi connectivity index (χ2v) is 7.03. The number of carbonyl (C=O) groups is 1. The molecule has 2 rings (SSSR count). The van der Waals surface area contributed by atoms with Gasteiger partial charge in [-0.15, -0.1) is 0 Å². The van der Waals surface area contributed by atoms with E-state index in [0.717, 1.165) is 30.4 Å². The van der Waals surface area contributed by atoms with Gasteiger partial charge in [0.2, 0.25) is 0 Å². The molecule has 3 heteroatoms. The average Bonchev–Trinajstić information content (AvgIpc) is 2.67. The molecule has 0 unspecified atom stereocenters. The van der Waals surface area contributed by atoms with Crippen LogP contribution in [0.5, 0.6) is 5.75 Å². The first kappa shape index (κ1) is 21.0. The molecule has 0 aliphatic heterocycles. The van der Waals surface area contributed by atoms with Gasteiger partial charge in [-0.2, -0.15) is 0 Å². The minimum absolute atomic E-state index is 0.469. The Labute approximate surface area is 163 Å². The zero-order chi connectivity index (χ0) is 19.5. The number of unbranched alkanes of at least 4 members (excludes halogenated alkanes) is 6. The minimum atomic E-state index is -1.25. The maximum atomic E-state index is 11.1. The van der Waals surface area contributed by atoms with Crippen molar-refractivity contribution in [3.05, 3.63) is 53.6 Å². The summed E-state index contributed by atoms with van der Waals surface area (Å²) < 4.78 is 5.11. The van der Waals surface area contributed by atoms with Gasteiger partial charge < -0.3 is 9.84 Å². The van der Waals surface area contributed by atoms with Crippen LogP contribution >= 0.6 is 0 Å². The molecule has 0 spiro atoms. The molecule has 2 aromatic carbocycles. The molecule has 146 valence electrons. The predicted octanol–water partition coefficient (Wildman–Crippen LogP) is 7.27. The van der Waals surface area contributed by atoms with E-state index in [9.17, 15) is 4.79 Å². The van der Waals surface area contributed by atoms with Crippen LogP contribution in [0.1, 0.15) is 69.9 Å². The Morgan fingerprint density at radius 2 is 1.52 bits per heavy atom. The highest BCUT2D eigenvalue weighted by atomic mass is 16.7. The van der Waals surface area contributed by atoms with Gasteiger partial charge in [0.15, 0.2) is 0 Å². The lowest BCUT2D eigenvalue weighted by Crippen LogP contribution is -2.06. The van der Waals surface area contributed by atoms with E-state index in [1.165, 1.54) is 49.7 Å². The molecule has 1 N–H and O–H groups in total. The van der Waals surface area contributed by atoms with Crippen molar-refractivity contribution in [2.45, 2.75) is 71.6 Å². The summed E-state index contributed by atoms with van der Waals surface area (Å²) in [6, 6.07) is 14.1.